The summed E-state index contributed by atoms with van der Waals surface area (Å²) in [5, 5.41) is 2.69. The van der Waals surface area contributed by atoms with Gasteiger partial charge in [0, 0.05) is 31.9 Å². The summed E-state index contributed by atoms with van der Waals surface area (Å²) in [5.74, 6) is -5.18. The van der Waals surface area contributed by atoms with E-state index in [1.165, 1.54) is 0 Å². The molecule has 1 aliphatic heterocycles. The molecule has 1 fully saturated rings. The lowest BCUT2D eigenvalue weighted by atomic mass is 9.94. The monoisotopic (exact) mass is 282 g/mol. The molecule has 2 aromatic heterocycles. The Balaban J connectivity index is 0.000000149. The number of amides is 1. The largest absolute Gasteiger partial charge is 0.369 e. The second-order valence-corrected chi connectivity index (χ2v) is 4.58. The van der Waals surface area contributed by atoms with E-state index in [9.17, 15) is 13.6 Å². The van der Waals surface area contributed by atoms with Gasteiger partial charge in [-0.3, -0.25) is 9.78 Å². The van der Waals surface area contributed by atoms with Crippen molar-refractivity contribution < 1.29 is 13.6 Å². The van der Waals surface area contributed by atoms with Gasteiger partial charge in [-0.1, -0.05) is 0 Å². The van der Waals surface area contributed by atoms with Crippen LogP contribution in [-0.4, -0.2) is 34.9 Å². The molecule has 7 heteroatoms. The molecule has 3 heterocycles. The Morgan fingerprint density at radius 2 is 2.25 bits per heavy atom. The summed E-state index contributed by atoms with van der Waals surface area (Å²) in [6.45, 7) is 0.235. The minimum Gasteiger partial charge on any atom is -0.369 e. The van der Waals surface area contributed by atoms with Crippen molar-refractivity contribution in [2.24, 2.45) is 11.7 Å². The number of H-pyrrole nitrogens is 1. The molecule has 0 spiro atoms. The van der Waals surface area contributed by atoms with E-state index >= 15 is 0 Å². The Morgan fingerprint density at radius 3 is 2.85 bits per heavy atom. The number of carbonyl (C=O) groups excluding carboxylic acids is 1. The topological polar surface area (TPSA) is 83.8 Å². The second-order valence-electron chi connectivity index (χ2n) is 4.58. The number of aromatic amines is 1. The molecule has 0 aliphatic carbocycles. The van der Waals surface area contributed by atoms with Crippen LogP contribution in [0.15, 0.2) is 30.6 Å². The number of hydrogen-bond donors (Lipinski definition) is 3. The standard InChI is InChI=1S/C7H6N2.C6H10F2N2O/c1-2-6-7(8-4-1)3-5-9-6;7-6(8)1-2-10-3-4(6)5(9)11/h1-5,9H;4,10H,1-3H2,(H2,9,11). The third kappa shape index (κ3) is 3.30. The number of nitrogens with two attached hydrogens (primary N) is 1. The first-order chi connectivity index (χ1) is 9.50. The number of hydrogen-bond acceptors (Lipinski definition) is 3. The van der Waals surface area contributed by atoms with Gasteiger partial charge in [-0.15, -0.1) is 0 Å². The summed E-state index contributed by atoms with van der Waals surface area (Å²) in [6.07, 6.45) is 3.37. The second kappa shape index (κ2) is 5.96. The Kier molecular flexibility index (Phi) is 4.29. The van der Waals surface area contributed by atoms with E-state index in [2.05, 4.69) is 15.3 Å². The predicted octanol–water partition coefficient (Wildman–Crippen LogP) is 1.28. The van der Waals surface area contributed by atoms with Crippen LogP contribution in [0.25, 0.3) is 11.0 Å². The molecular formula is C13H16F2N4O. The van der Waals surface area contributed by atoms with E-state index < -0.39 is 17.7 Å². The summed E-state index contributed by atoms with van der Waals surface area (Å²) in [6, 6.07) is 5.87. The highest BCUT2D eigenvalue weighted by atomic mass is 19.3. The highest BCUT2D eigenvalue weighted by Gasteiger charge is 2.44. The van der Waals surface area contributed by atoms with Gasteiger partial charge in [0.05, 0.1) is 11.0 Å². The van der Waals surface area contributed by atoms with Gasteiger partial charge in [0.2, 0.25) is 5.91 Å². The summed E-state index contributed by atoms with van der Waals surface area (Å²) < 4.78 is 25.6. The molecule has 108 valence electrons. The van der Waals surface area contributed by atoms with Crippen LogP contribution in [0.2, 0.25) is 0 Å². The smallest absolute Gasteiger partial charge is 0.262 e. The Hall–Kier alpha value is -2.02. The van der Waals surface area contributed by atoms with Crippen molar-refractivity contribution in [3.63, 3.8) is 0 Å². The van der Waals surface area contributed by atoms with E-state index in [-0.39, 0.29) is 19.5 Å². The van der Waals surface area contributed by atoms with Crippen LogP contribution in [0.4, 0.5) is 8.78 Å². The van der Waals surface area contributed by atoms with Crippen LogP contribution in [0.1, 0.15) is 6.42 Å². The number of alkyl halides is 2. The number of halogens is 2. The minimum absolute atomic E-state index is 0.0116. The van der Waals surface area contributed by atoms with E-state index in [1.807, 2.05) is 24.4 Å². The molecule has 3 rings (SSSR count). The SMILES string of the molecule is NC(=O)C1CNCCC1(F)F.c1cnc2cc[nH]c2c1. The lowest BCUT2D eigenvalue weighted by Gasteiger charge is -2.29. The third-order valence-corrected chi connectivity index (χ3v) is 3.16. The molecule has 1 amide bonds. The van der Waals surface area contributed by atoms with Gasteiger partial charge in [-0.05, 0) is 18.2 Å². The zero-order valence-electron chi connectivity index (χ0n) is 10.8. The van der Waals surface area contributed by atoms with E-state index in [0.717, 1.165) is 11.0 Å². The first-order valence-electron chi connectivity index (χ1n) is 6.26. The number of nitrogens with zero attached hydrogens (tertiary/aromatic N) is 1. The van der Waals surface area contributed by atoms with Gasteiger partial charge in [-0.25, -0.2) is 8.78 Å². The van der Waals surface area contributed by atoms with E-state index in [1.54, 1.807) is 6.20 Å². The average molecular weight is 282 g/mol. The van der Waals surface area contributed by atoms with Crippen molar-refractivity contribution in [3.05, 3.63) is 30.6 Å². The minimum atomic E-state index is -2.92. The van der Waals surface area contributed by atoms with Crippen LogP contribution in [0, 0.1) is 5.92 Å². The highest BCUT2D eigenvalue weighted by molar-refractivity contribution is 5.78. The number of carbonyl (C=O) groups is 1. The van der Waals surface area contributed by atoms with Crippen LogP contribution >= 0.6 is 0 Å². The maximum atomic E-state index is 12.8. The first kappa shape index (κ1) is 14.4. The normalized spacial score (nSPS) is 21.0. The fourth-order valence-corrected chi connectivity index (χ4v) is 2.02. The van der Waals surface area contributed by atoms with Gasteiger partial charge < -0.3 is 16.0 Å². The summed E-state index contributed by atoms with van der Waals surface area (Å²) in [7, 11) is 0. The van der Waals surface area contributed by atoms with Crippen molar-refractivity contribution in [2.75, 3.05) is 13.1 Å². The van der Waals surface area contributed by atoms with Crippen LogP contribution < -0.4 is 11.1 Å². The average Bonchev–Trinajstić information content (AvgIpc) is 2.86. The Bertz CT molecular complexity index is 554. The van der Waals surface area contributed by atoms with Crippen molar-refractivity contribution in [3.8, 4) is 0 Å². The number of piperidine rings is 1. The molecule has 1 saturated heterocycles. The Labute approximate surface area is 114 Å². The quantitative estimate of drug-likeness (QED) is 0.736. The van der Waals surface area contributed by atoms with Crippen molar-refractivity contribution in [1.82, 2.24) is 15.3 Å². The van der Waals surface area contributed by atoms with Gasteiger partial charge >= 0.3 is 0 Å². The molecule has 20 heavy (non-hydrogen) atoms. The lowest BCUT2D eigenvalue weighted by molar-refractivity contribution is -0.139. The fourth-order valence-electron chi connectivity index (χ4n) is 2.02. The Morgan fingerprint density at radius 1 is 1.45 bits per heavy atom. The zero-order valence-corrected chi connectivity index (χ0v) is 10.8. The van der Waals surface area contributed by atoms with E-state index in [0.29, 0.717) is 0 Å². The molecule has 2 aromatic rings. The zero-order chi connectivity index (χ0) is 14.6. The van der Waals surface area contributed by atoms with Crippen LogP contribution in [-0.2, 0) is 4.79 Å². The number of primary amides is 1. The van der Waals surface area contributed by atoms with Gasteiger partial charge in [0.1, 0.15) is 5.92 Å². The summed E-state index contributed by atoms with van der Waals surface area (Å²) >= 11 is 0. The van der Waals surface area contributed by atoms with Gasteiger partial charge in [-0.2, -0.15) is 0 Å². The molecule has 0 bridgehead atoms. The van der Waals surface area contributed by atoms with Crippen LogP contribution in [0.3, 0.4) is 0 Å². The van der Waals surface area contributed by atoms with Gasteiger partial charge in [0.25, 0.3) is 5.92 Å². The molecule has 0 radical (unpaired) electrons. The maximum absolute atomic E-state index is 12.8. The highest BCUT2D eigenvalue weighted by Crippen LogP contribution is 2.29. The number of pyridine rings is 1. The van der Waals surface area contributed by atoms with Crippen LogP contribution in [0.5, 0.6) is 0 Å². The molecule has 1 atom stereocenters. The molecular weight excluding hydrogens is 266 g/mol. The lowest BCUT2D eigenvalue weighted by Crippen LogP contribution is -2.50. The molecule has 1 unspecified atom stereocenters. The number of nitrogens with one attached hydrogen (secondary N) is 2. The van der Waals surface area contributed by atoms with Gasteiger partial charge in [0.15, 0.2) is 0 Å². The number of rotatable bonds is 1. The van der Waals surface area contributed by atoms with Crippen molar-refractivity contribution in [2.45, 2.75) is 12.3 Å². The van der Waals surface area contributed by atoms with E-state index in [4.69, 9.17) is 5.73 Å². The molecule has 5 nitrogen and oxygen atoms in total. The van der Waals surface area contributed by atoms with Crippen molar-refractivity contribution in [1.29, 1.82) is 0 Å². The van der Waals surface area contributed by atoms with Crippen molar-refractivity contribution >= 4 is 16.9 Å². The molecule has 0 saturated carbocycles. The summed E-state index contributed by atoms with van der Waals surface area (Å²) in [5.41, 5.74) is 6.90. The predicted molar refractivity (Wildman–Crippen MR) is 71.2 cm³/mol. The third-order valence-electron chi connectivity index (χ3n) is 3.16. The maximum Gasteiger partial charge on any atom is 0.262 e. The molecule has 0 aromatic carbocycles. The number of aromatic nitrogens is 2. The number of fused-ring (bicyclic) bond motifs is 1. The fraction of sp³-hybridized carbons (Fsp3) is 0.385. The molecule has 1 aliphatic rings. The molecule has 4 N–H and O–H groups in total. The first-order valence-corrected chi connectivity index (χ1v) is 6.26. The summed E-state index contributed by atoms with van der Waals surface area (Å²) in [4.78, 5) is 17.6.